The molecule has 1 fully saturated rings. The maximum Gasteiger partial charge on any atom is 0.160 e. The van der Waals surface area contributed by atoms with Crippen LogP contribution in [0.25, 0.3) is 0 Å². The Hall–Kier alpha value is -2.20. The van der Waals surface area contributed by atoms with Gasteiger partial charge in [-0.05, 0) is 55.5 Å². The third kappa shape index (κ3) is 4.26. The van der Waals surface area contributed by atoms with Crippen LogP contribution in [0.4, 0.5) is 5.69 Å². The number of methoxy groups -OCH3 is 2. The van der Waals surface area contributed by atoms with Crippen LogP contribution < -0.4 is 20.1 Å². The Balaban J connectivity index is 1.72. The lowest BCUT2D eigenvalue weighted by Crippen LogP contribution is -2.47. The number of anilines is 1. The summed E-state index contributed by atoms with van der Waals surface area (Å²) in [6.45, 7) is 4.07. The number of benzene rings is 2. The van der Waals surface area contributed by atoms with E-state index >= 15 is 0 Å². The van der Waals surface area contributed by atoms with Gasteiger partial charge in [-0.3, -0.25) is 0 Å². The fourth-order valence-electron chi connectivity index (χ4n) is 3.70. The molecule has 3 rings (SSSR count). The van der Waals surface area contributed by atoms with Crippen LogP contribution in [0.2, 0.25) is 0 Å². The first kappa shape index (κ1) is 17.6. The molecule has 2 aromatic rings. The Bertz CT molecular complexity index is 700. The normalized spacial score (nSPS) is 20.4. The zero-order valence-corrected chi connectivity index (χ0v) is 15.4. The molecule has 0 spiro atoms. The minimum Gasteiger partial charge on any atom is -0.493 e. The molecule has 4 heteroatoms. The highest BCUT2D eigenvalue weighted by molar-refractivity contribution is 5.48. The SMILES string of the molecule is COc1ccc(CC2CC(N)CN(c3ccc(C)cc3)C2)cc1OC. The number of aryl methyl sites for hydroxylation is 1. The molecule has 2 unspecified atom stereocenters. The number of hydrogen-bond donors (Lipinski definition) is 1. The van der Waals surface area contributed by atoms with Crippen molar-refractivity contribution in [1.82, 2.24) is 0 Å². The summed E-state index contributed by atoms with van der Waals surface area (Å²) in [4.78, 5) is 2.42. The molecule has 0 aliphatic carbocycles. The summed E-state index contributed by atoms with van der Waals surface area (Å²) < 4.78 is 10.8. The molecule has 1 aliphatic rings. The predicted molar refractivity (Wildman–Crippen MR) is 103 cm³/mol. The highest BCUT2D eigenvalue weighted by Crippen LogP contribution is 2.30. The Morgan fingerprint density at radius 1 is 1.00 bits per heavy atom. The fraction of sp³-hybridized carbons (Fsp3) is 0.429. The molecule has 134 valence electrons. The maximum absolute atomic E-state index is 6.35. The van der Waals surface area contributed by atoms with Crippen molar-refractivity contribution in [2.75, 3.05) is 32.2 Å². The molecule has 0 amide bonds. The quantitative estimate of drug-likeness (QED) is 0.906. The van der Waals surface area contributed by atoms with Crippen molar-refractivity contribution < 1.29 is 9.47 Å². The van der Waals surface area contributed by atoms with E-state index in [0.29, 0.717) is 5.92 Å². The summed E-state index contributed by atoms with van der Waals surface area (Å²) in [5.74, 6) is 2.09. The third-order valence-corrected chi connectivity index (χ3v) is 4.94. The fourth-order valence-corrected chi connectivity index (χ4v) is 3.70. The Kier molecular flexibility index (Phi) is 5.49. The van der Waals surface area contributed by atoms with Crippen LogP contribution in [-0.2, 0) is 6.42 Å². The van der Waals surface area contributed by atoms with Gasteiger partial charge in [0, 0.05) is 24.8 Å². The van der Waals surface area contributed by atoms with Gasteiger partial charge in [0.25, 0.3) is 0 Å². The molecule has 25 heavy (non-hydrogen) atoms. The van der Waals surface area contributed by atoms with E-state index < -0.39 is 0 Å². The van der Waals surface area contributed by atoms with Gasteiger partial charge >= 0.3 is 0 Å². The van der Waals surface area contributed by atoms with Crippen molar-refractivity contribution in [1.29, 1.82) is 0 Å². The zero-order valence-electron chi connectivity index (χ0n) is 15.4. The molecule has 2 aromatic carbocycles. The number of piperidine rings is 1. The number of nitrogens with two attached hydrogens (primary N) is 1. The maximum atomic E-state index is 6.35. The van der Waals surface area contributed by atoms with Crippen LogP contribution in [0, 0.1) is 12.8 Å². The number of ether oxygens (including phenoxy) is 2. The van der Waals surface area contributed by atoms with Gasteiger partial charge in [-0.2, -0.15) is 0 Å². The Labute approximate surface area is 150 Å². The molecule has 1 heterocycles. The average molecular weight is 340 g/mol. The van der Waals surface area contributed by atoms with Crippen LogP contribution in [0.15, 0.2) is 42.5 Å². The van der Waals surface area contributed by atoms with Crippen LogP contribution >= 0.6 is 0 Å². The first-order valence-corrected chi connectivity index (χ1v) is 8.87. The van der Waals surface area contributed by atoms with Gasteiger partial charge < -0.3 is 20.1 Å². The third-order valence-electron chi connectivity index (χ3n) is 4.94. The van der Waals surface area contributed by atoms with Gasteiger partial charge in [-0.25, -0.2) is 0 Å². The minimum atomic E-state index is 0.209. The highest BCUT2D eigenvalue weighted by atomic mass is 16.5. The van der Waals surface area contributed by atoms with Crippen molar-refractivity contribution >= 4 is 5.69 Å². The van der Waals surface area contributed by atoms with Gasteiger partial charge in [-0.15, -0.1) is 0 Å². The molecule has 0 bridgehead atoms. The lowest BCUT2D eigenvalue weighted by atomic mass is 9.88. The predicted octanol–water partition coefficient (Wildman–Crippen LogP) is 3.41. The number of rotatable bonds is 5. The second-order valence-corrected chi connectivity index (χ2v) is 7.00. The average Bonchev–Trinajstić information content (AvgIpc) is 2.61. The van der Waals surface area contributed by atoms with Gasteiger partial charge in [-0.1, -0.05) is 23.8 Å². The first-order valence-electron chi connectivity index (χ1n) is 8.87. The zero-order chi connectivity index (χ0) is 17.8. The topological polar surface area (TPSA) is 47.7 Å². The summed E-state index contributed by atoms with van der Waals surface area (Å²) >= 11 is 0. The second kappa shape index (κ2) is 7.79. The van der Waals surface area contributed by atoms with Crippen LogP contribution in [0.3, 0.4) is 0 Å². The van der Waals surface area contributed by atoms with Crippen LogP contribution in [0.1, 0.15) is 17.5 Å². The smallest absolute Gasteiger partial charge is 0.160 e. The Morgan fingerprint density at radius 2 is 1.72 bits per heavy atom. The molecular weight excluding hydrogens is 312 g/mol. The van der Waals surface area contributed by atoms with Gasteiger partial charge in [0.1, 0.15) is 0 Å². The molecule has 0 aromatic heterocycles. The number of nitrogens with zero attached hydrogens (tertiary/aromatic N) is 1. The minimum absolute atomic E-state index is 0.209. The second-order valence-electron chi connectivity index (χ2n) is 7.00. The van der Waals surface area contributed by atoms with E-state index in [1.54, 1.807) is 14.2 Å². The number of hydrogen-bond acceptors (Lipinski definition) is 4. The summed E-state index contributed by atoms with van der Waals surface area (Å²) in [5.41, 5.74) is 10.2. The molecule has 2 atom stereocenters. The summed E-state index contributed by atoms with van der Waals surface area (Å²) in [7, 11) is 3.34. The monoisotopic (exact) mass is 340 g/mol. The van der Waals surface area contributed by atoms with E-state index in [0.717, 1.165) is 37.4 Å². The van der Waals surface area contributed by atoms with E-state index in [9.17, 15) is 0 Å². The largest absolute Gasteiger partial charge is 0.493 e. The molecule has 0 radical (unpaired) electrons. The van der Waals surface area contributed by atoms with Crippen molar-refractivity contribution in [2.45, 2.75) is 25.8 Å². The van der Waals surface area contributed by atoms with Crippen LogP contribution in [0.5, 0.6) is 11.5 Å². The molecular formula is C21H28N2O2. The van der Waals surface area contributed by atoms with Gasteiger partial charge in [0.05, 0.1) is 14.2 Å². The van der Waals surface area contributed by atoms with E-state index in [-0.39, 0.29) is 6.04 Å². The van der Waals surface area contributed by atoms with E-state index in [1.165, 1.54) is 16.8 Å². The molecule has 1 saturated heterocycles. The van der Waals surface area contributed by atoms with Crippen molar-refractivity contribution in [3.63, 3.8) is 0 Å². The van der Waals surface area contributed by atoms with Gasteiger partial charge in [0.2, 0.25) is 0 Å². The van der Waals surface area contributed by atoms with Crippen molar-refractivity contribution in [3.05, 3.63) is 53.6 Å². The lowest BCUT2D eigenvalue weighted by Gasteiger charge is -2.38. The molecule has 0 saturated carbocycles. The standard InChI is InChI=1S/C21H28N2O2/c1-15-4-7-19(8-5-15)23-13-17(11-18(22)14-23)10-16-6-9-20(24-2)21(12-16)25-3/h4-9,12,17-18H,10-11,13-14,22H2,1-3H3. The molecule has 2 N–H and O–H groups in total. The molecule has 4 nitrogen and oxygen atoms in total. The Morgan fingerprint density at radius 3 is 2.40 bits per heavy atom. The molecule has 1 aliphatic heterocycles. The summed E-state index contributed by atoms with van der Waals surface area (Å²) in [6.07, 6.45) is 2.05. The van der Waals surface area contributed by atoms with Crippen molar-refractivity contribution in [2.24, 2.45) is 11.7 Å². The van der Waals surface area contributed by atoms with E-state index in [2.05, 4.69) is 48.2 Å². The van der Waals surface area contributed by atoms with E-state index in [4.69, 9.17) is 15.2 Å². The lowest BCUT2D eigenvalue weighted by molar-refractivity contribution is 0.352. The van der Waals surface area contributed by atoms with E-state index in [1.807, 2.05) is 6.07 Å². The summed E-state index contributed by atoms with van der Waals surface area (Å²) in [5, 5.41) is 0. The first-order chi connectivity index (χ1) is 12.1. The van der Waals surface area contributed by atoms with Crippen molar-refractivity contribution in [3.8, 4) is 11.5 Å². The van der Waals surface area contributed by atoms with Gasteiger partial charge in [0.15, 0.2) is 11.5 Å². The highest BCUT2D eigenvalue weighted by Gasteiger charge is 2.25. The van der Waals surface area contributed by atoms with Crippen LogP contribution in [-0.4, -0.2) is 33.4 Å². The summed E-state index contributed by atoms with van der Waals surface area (Å²) in [6, 6.07) is 15.1.